The van der Waals surface area contributed by atoms with Crippen molar-refractivity contribution in [2.45, 2.75) is 19.3 Å². The van der Waals surface area contributed by atoms with Crippen LogP contribution in [0.4, 0.5) is 0 Å². The molecule has 0 radical (unpaired) electrons. The summed E-state index contributed by atoms with van der Waals surface area (Å²) in [6.45, 7) is 3.08. The second-order valence-corrected chi connectivity index (χ2v) is 4.94. The van der Waals surface area contributed by atoms with Gasteiger partial charge in [-0.1, -0.05) is 42.1 Å². The molecule has 0 aromatic heterocycles. The summed E-state index contributed by atoms with van der Waals surface area (Å²) in [6, 6.07) is 8.98. The summed E-state index contributed by atoms with van der Waals surface area (Å²) < 4.78 is 0. The Kier molecular flexibility index (Phi) is 4.12. The van der Waals surface area contributed by atoms with Crippen LogP contribution in [-0.2, 0) is 15.0 Å². The van der Waals surface area contributed by atoms with Gasteiger partial charge in [-0.15, -0.1) is 0 Å². The fourth-order valence-corrected chi connectivity index (χ4v) is 2.10. The molecule has 1 rings (SSSR count). The molecule has 86 valence electrons. The molecule has 0 bridgehead atoms. The van der Waals surface area contributed by atoms with E-state index in [0.29, 0.717) is 0 Å². The summed E-state index contributed by atoms with van der Waals surface area (Å²) >= 11 is 1.04. The maximum atomic E-state index is 11.3. The first-order valence-electron chi connectivity index (χ1n) is 4.89. The second-order valence-electron chi connectivity index (χ2n) is 3.78. The van der Waals surface area contributed by atoms with Crippen LogP contribution in [0, 0.1) is 0 Å². The Morgan fingerprint density at radius 2 is 1.88 bits per heavy atom. The highest BCUT2D eigenvalue weighted by molar-refractivity contribution is 8.13. The molecule has 4 heteroatoms. The number of hydrogen-bond donors (Lipinski definition) is 1. The highest BCUT2D eigenvalue weighted by atomic mass is 32.2. The standard InChI is InChI=1S/C12H14O3S/c1-9(13)16-8-12(2,11(14)15)10-6-4-3-5-7-10/h3-7H,8H2,1-2H3,(H,14,15). The largest absolute Gasteiger partial charge is 0.481 e. The summed E-state index contributed by atoms with van der Waals surface area (Å²) in [7, 11) is 0. The van der Waals surface area contributed by atoms with Crippen molar-refractivity contribution in [3.63, 3.8) is 0 Å². The van der Waals surface area contributed by atoms with Crippen LogP contribution in [0.25, 0.3) is 0 Å². The molecule has 0 spiro atoms. The number of benzene rings is 1. The van der Waals surface area contributed by atoms with E-state index in [1.807, 2.05) is 6.07 Å². The van der Waals surface area contributed by atoms with Gasteiger partial charge >= 0.3 is 5.97 Å². The predicted molar refractivity (Wildman–Crippen MR) is 64.6 cm³/mol. The first-order valence-corrected chi connectivity index (χ1v) is 5.87. The highest BCUT2D eigenvalue weighted by Gasteiger charge is 2.35. The highest BCUT2D eigenvalue weighted by Crippen LogP contribution is 2.28. The summed E-state index contributed by atoms with van der Waals surface area (Å²) in [6.07, 6.45) is 0. The number of rotatable bonds is 4. The number of thioether (sulfide) groups is 1. The van der Waals surface area contributed by atoms with Crippen molar-refractivity contribution in [3.8, 4) is 0 Å². The summed E-state index contributed by atoms with van der Waals surface area (Å²) in [5.41, 5.74) is -0.298. The molecule has 0 amide bonds. The van der Waals surface area contributed by atoms with E-state index in [4.69, 9.17) is 0 Å². The van der Waals surface area contributed by atoms with Crippen LogP contribution in [0.1, 0.15) is 19.4 Å². The Hall–Kier alpha value is -1.29. The van der Waals surface area contributed by atoms with Gasteiger partial charge in [-0.25, -0.2) is 0 Å². The fraction of sp³-hybridized carbons (Fsp3) is 0.333. The van der Waals surface area contributed by atoms with E-state index in [1.165, 1.54) is 6.92 Å². The first-order chi connectivity index (χ1) is 7.47. The molecule has 0 saturated carbocycles. The van der Waals surface area contributed by atoms with Crippen LogP contribution >= 0.6 is 11.8 Å². The van der Waals surface area contributed by atoms with Gasteiger partial charge in [-0.05, 0) is 12.5 Å². The fourth-order valence-electron chi connectivity index (χ4n) is 1.32. The van der Waals surface area contributed by atoms with E-state index in [9.17, 15) is 14.7 Å². The Morgan fingerprint density at radius 1 is 1.31 bits per heavy atom. The lowest BCUT2D eigenvalue weighted by atomic mass is 9.85. The molecular weight excluding hydrogens is 224 g/mol. The van der Waals surface area contributed by atoms with Gasteiger partial charge in [0.15, 0.2) is 5.12 Å². The minimum absolute atomic E-state index is 0.0663. The molecule has 1 unspecified atom stereocenters. The maximum absolute atomic E-state index is 11.3. The van der Waals surface area contributed by atoms with Crippen LogP contribution in [0.2, 0.25) is 0 Å². The topological polar surface area (TPSA) is 54.4 Å². The van der Waals surface area contributed by atoms with Gasteiger partial charge in [0.25, 0.3) is 0 Å². The lowest BCUT2D eigenvalue weighted by molar-refractivity contribution is -0.142. The molecule has 0 aliphatic heterocycles. The molecule has 16 heavy (non-hydrogen) atoms. The number of carbonyl (C=O) groups is 2. The average Bonchev–Trinajstić information content (AvgIpc) is 2.26. The molecule has 1 N–H and O–H groups in total. The number of aliphatic carboxylic acids is 1. The molecule has 0 aliphatic rings. The van der Waals surface area contributed by atoms with Gasteiger partial charge in [-0.2, -0.15) is 0 Å². The second kappa shape index (κ2) is 5.16. The van der Waals surface area contributed by atoms with E-state index in [-0.39, 0.29) is 10.9 Å². The van der Waals surface area contributed by atoms with Gasteiger partial charge in [0.2, 0.25) is 0 Å². The maximum Gasteiger partial charge on any atom is 0.314 e. The van der Waals surface area contributed by atoms with Crippen LogP contribution in [0.5, 0.6) is 0 Å². The van der Waals surface area contributed by atoms with Crippen molar-refractivity contribution in [2.75, 3.05) is 5.75 Å². The molecule has 0 heterocycles. The third kappa shape index (κ3) is 2.85. The Morgan fingerprint density at radius 3 is 2.31 bits per heavy atom. The zero-order chi connectivity index (χ0) is 12.2. The van der Waals surface area contributed by atoms with E-state index < -0.39 is 11.4 Å². The van der Waals surface area contributed by atoms with E-state index in [1.54, 1.807) is 31.2 Å². The Bertz CT molecular complexity index is 389. The normalized spacial score (nSPS) is 14.1. The zero-order valence-electron chi connectivity index (χ0n) is 9.27. The third-order valence-corrected chi connectivity index (χ3v) is 3.58. The van der Waals surface area contributed by atoms with Crippen LogP contribution < -0.4 is 0 Å². The molecule has 0 aliphatic carbocycles. The van der Waals surface area contributed by atoms with Gasteiger partial charge < -0.3 is 5.11 Å². The quantitative estimate of drug-likeness (QED) is 0.874. The summed E-state index contributed by atoms with van der Waals surface area (Å²) in [5, 5.41) is 9.21. The smallest absolute Gasteiger partial charge is 0.314 e. The number of carboxylic acids is 1. The minimum Gasteiger partial charge on any atom is -0.481 e. The molecule has 0 fully saturated rings. The monoisotopic (exact) mass is 238 g/mol. The van der Waals surface area contributed by atoms with Gasteiger partial charge in [-0.3, -0.25) is 9.59 Å². The molecule has 1 aromatic rings. The van der Waals surface area contributed by atoms with Crippen molar-refractivity contribution in [3.05, 3.63) is 35.9 Å². The van der Waals surface area contributed by atoms with Crippen molar-refractivity contribution < 1.29 is 14.7 Å². The van der Waals surface area contributed by atoms with Gasteiger partial charge in [0.05, 0.1) is 5.41 Å². The lowest BCUT2D eigenvalue weighted by Gasteiger charge is -2.24. The number of hydrogen-bond acceptors (Lipinski definition) is 3. The summed E-state index contributed by atoms with van der Waals surface area (Å²) in [4.78, 5) is 22.2. The van der Waals surface area contributed by atoms with Crippen LogP contribution in [0.3, 0.4) is 0 Å². The molecular formula is C12H14O3S. The summed E-state index contributed by atoms with van der Waals surface area (Å²) in [5.74, 6) is -0.658. The van der Waals surface area contributed by atoms with E-state index in [0.717, 1.165) is 17.3 Å². The lowest BCUT2D eigenvalue weighted by Crippen LogP contribution is -2.35. The predicted octanol–water partition coefficient (Wildman–Crippen LogP) is 2.31. The van der Waals surface area contributed by atoms with Crippen LogP contribution in [0.15, 0.2) is 30.3 Å². The van der Waals surface area contributed by atoms with Crippen molar-refractivity contribution >= 4 is 22.8 Å². The molecule has 3 nitrogen and oxygen atoms in total. The van der Waals surface area contributed by atoms with Gasteiger partial charge in [0.1, 0.15) is 0 Å². The third-order valence-electron chi connectivity index (χ3n) is 2.45. The first kappa shape index (κ1) is 12.8. The Labute approximate surface area is 98.9 Å². The zero-order valence-corrected chi connectivity index (χ0v) is 10.1. The molecule has 1 aromatic carbocycles. The van der Waals surface area contributed by atoms with Crippen molar-refractivity contribution in [1.29, 1.82) is 0 Å². The molecule has 1 atom stereocenters. The van der Waals surface area contributed by atoms with Crippen molar-refractivity contribution in [1.82, 2.24) is 0 Å². The average molecular weight is 238 g/mol. The molecule has 0 saturated heterocycles. The van der Waals surface area contributed by atoms with E-state index >= 15 is 0 Å². The SMILES string of the molecule is CC(=O)SCC(C)(C(=O)O)c1ccccc1. The number of carboxylic acid groups (broad SMARTS) is 1. The van der Waals surface area contributed by atoms with Crippen LogP contribution in [-0.4, -0.2) is 21.9 Å². The minimum atomic E-state index is -1.02. The van der Waals surface area contributed by atoms with E-state index in [2.05, 4.69) is 0 Å². The van der Waals surface area contributed by atoms with Gasteiger partial charge in [0, 0.05) is 12.7 Å². The Balaban J connectivity index is 2.98. The number of carbonyl (C=O) groups excluding carboxylic acids is 1. The van der Waals surface area contributed by atoms with Crippen molar-refractivity contribution in [2.24, 2.45) is 0 Å².